The second-order valence-electron chi connectivity index (χ2n) is 21.7. The molecule has 0 aliphatic heterocycles. The lowest BCUT2D eigenvalue weighted by molar-refractivity contribution is 0.846. The third-order valence-corrected chi connectivity index (χ3v) is 16.6. The van der Waals surface area contributed by atoms with Gasteiger partial charge in [0, 0.05) is 50.1 Å². The van der Waals surface area contributed by atoms with Crippen LogP contribution < -0.4 is 0 Å². The number of nitrogens with zero attached hydrogens (tertiary/aromatic N) is 4. The monoisotopic (exact) mass is 1080 g/mol. The first-order chi connectivity index (χ1) is 42.2. The van der Waals surface area contributed by atoms with Gasteiger partial charge in [-0.3, -0.25) is 0 Å². The minimum absolute atomic E-state index is 0.0868. The molecule has 0 radical (unpaired) electrons. The van der Waals surface area contributed by atoms with E-state index in [9.17, 15) is 0 Å². The zero-order valence-corrected chi connectivity index (χ0v) is 46.7. The third-order valence-electron chi connectivity index (χ3n) is 16.6. The highest BCUT2D eigenvalue weighted by atomic mass is 15.0. The van der Waals surface area contributed by atoms with Crippen molar-refractivity contribution in [3.63, 3.8) is 0 Å². The van der Waals surface area contributed by atoms with E-state index in [2.05, 4.69) is 290 Å². The first kappa shape index (κ1) is 50.9. The lowest BCUT2D eigenvalue weighted by Crippen LogP contribution is -2.10. The molecule has 0 fully saturated rings. The lowest BCUT2D eigenvalue weighted by Gasteiger charge is -2.27. The molecule has 0 bridgehead atoms. The Hall–Kier alpha value is -11.1. The van der Waals surface area contributed by atoms with Crippen molar-refractivity contribution >= 4 is 27.4 Å². The number of aromatic nitrogens is 4. The third kappa shape index (κ3) is 9.66. The van der Waals surface area contributed by atoms with Gasteiger partial charge in [0.25, 0.3) is 0 Å². The van der Waals surface area contributed by atoms with Crippen molar-refractivity contribution < 1.29 is 0 Å². The number of fused-ring (bicyclic) bond motifs is 3. The maximum absolute atomic E-state index is 5.46. The van der Waals surface area contributed by atoms with E-state index >= 15 is 0 Å². The molecule has 1 atom stereocenters. The molecule has 0 N–H and O–H groups in total. The van der Waals surface area contributed by atoms with Crippen LogP contribution in [0.1, 0.15) is 23.5 Å². The van der Waals surface area contributed by atoms with Crippen LogP contribution in [0.5, 0.6) is 0 Å². The van der Waals surface area contributed by atoms with Crippen LogP contribution in [0.3, 0.4) is 0 Å². The summed E-state index contributed by atoms with van der Waals surface area (Å²) in [5.41, 5.74) is 23.2. The smallest absolute Gasteiger partial charge is 0.164 e. The van der Waals surface area contributed by atoms with Gasteiger partial charge in [0.15, 0.2) is 17.5 Å². The predicted octanol–water partition coefficient (Wildman–Crippen LogP) is 21.1. The molecule has 0 unspecified atom stereocenters. The molecule has 14 aromatic rings. The predicted molar refractivity (Wildman–Crippen MR) is 354 cm³/mol. The van der Waals surface area contributed by atoms with Gasteiger partial charge < -0.3 is 4.57 Å². The Kier molecular flexibility index (Phi) is 13.4. The standard InChI is InChI=1S/C81H56N4/c1-9-25-55(26-10-1)57-41-45-63(46-42-57)72-53-67(81-83-79(65-37-21-7-22-38-65)82-80(84-81)66-39-23-8-24-40-66)54-73(64-47-43-58(44-48-64)56-27-11-2-12-28-56)76(72)85-77-70(61-33-17-5-18-34-61)51-49-68(59-29-13-3-14-30-59)74(77)75-69(60-31-15-4-16-32-60)50-52-71(78(75)85)62-35-19-6-20-36-62/h1-47,49-54,64H,48H2/t64-/m1/s1. The van der Waals surface area contributed by atoms with E-state index in [1.807, 2.05) is 36.4 Å². The molecular formula is C81H56N4. The van der Waals surface area contributed by atoms with Gasteiger partial charge >= 0.3 is 0 Å². The maximum Gasteiger partial charge on any atom is 0.164 e. The van der Waals surface area contributed by atoms with Gasteiger partial charge in [-0.15, -0.1) is 0 Å². The van der Waals surface area contributed by atoms with Crippen LogP contribution in [-0.4, -0.2) is 19.5 Å². The van der Waals surface area contributed by atoms with Crippen LogP contribution in [0.25, 0.3) is 134 Å². The van der Waals surface area contributed by atoms with E-state index in [4.69, 9.17) is 15.0 Å². The van der Waals surface area contributed by atoms with Crippen molar-refractivity contribution in [2.45, 2.75) is 12.3 Å². The summed E-state index contributed by atoms with van der Waals surface area (Å²) >= 11 is 0. The molecule has 2 aromatic heterocycles. The van der Waals surface area contributed by atoms with Gasteiger partial charge in [0.1, 0.15) is 0 Å². The highest BCUT2D eigenvalue weighted by molar-refractivity contribution is 6.26. The molecule has 4 nitrogen and oxygen atoms in total. The van der Waals surface area contributed by atoms with E-state index in [0.717, 1.165) is 112 Å². The van der Waals surface area contributed by atoms with Gasteiger partial charge in [-0.2, -0.15) is 0 Å². The molecular weight excluding hydrogens is 1030 g/mol. The summed E-state index contributed by atoms with van der Waals surface area (Å²) in [6.45, 7) is 0. The zero-order chi connectivity index (χ0) is 56.5. The Morgan fingerprint density at radius 2 is 0.612 bits per heavy atom. The van der Waals surface area contributed by atoms with Crippen LogP contribution in [-0.2, 0) is 0 Å². The van der Waals surface area contributed by atoms with Gasteiger partial charge in [0.2, 0.25) is 0 Å². The SMILES string of the molecule is C1=C[C@@H](c2cc(-c3nc(-c4ccccc4)nc(-c4ccccc4)n3)cc(-c3ccc(-c4ccccc4)cc3)c2-n2c3c(-c4ccccc4)ccc(-c4ccccc4)c3c3c(-c4ccccc4)ccc(-c4ccccc4)c32)CC=C1c1ccccc1. The van der Waals surface area contributed by atoms with Crippen molar-refractivity contribution in [1.29, 1.82) is 0 Å². The Morgan fingerprint density at radius 1 is 0.282 bits per heavy atom. The molecule has 15 rings (SSSR count). The quantitative estimate of drug-likeness (QED) is 0.122. The number of rotatable bonds is 12. The summed E-state index contributed by atoms with van der Waals surface area (Å²) in [6, 6.07) is 109. The molecule has 0 amide bonds. The molecule has 85 heavy (non-hydrogen) atoms. The number of allylic oxidation sites excluding steroid dienone is 4. The average molecular weight is 1090 g/mol. The zero-order valence-electron chi connectivity index (χ0n) is 46.7. The van der Waals surface area contributed by atoms with Crippen molar-refractivity contribution in [3.8, 4) is 107 Å². The van der Waals surface area contributed by atoms with E-state index in [-0.39, 0.29) is 5.92 Å². The Balaban J connectivity index is 1.14. The van der Waals surface area contributed by atoms with Crippen LogP contribution in [0, 0.1) is 0 Å². The second kappa shape index (κ2) is 22.4. The topological polar surface area (TPSA) is 43.6 Å². The highest BCUT2D eigenvalue weighted by Crippen LogP contribution is 2.52. The van der Waals surface area contributed by atoms with E-state index in [0.29, 0.717) is 17.5 Å². The number of benzene rings is 12. The number of hydrogen-bond acceptors (Lipinski definition) is 3. The van der Waals surface area contributed by atoms with Gasteiger partial charge in [-0.05, 0) is 85.3 Å². The maximum atomic E-state index is 5.46. The van der Waals surface area contributed by atoms with Crippen molar-refractivity contribution in [3.05, 3.63) is 333 Å². The lowest BCUT2D eigenvalue weighted by atomic mass is 9.84. The Morgan fingerprint density at radius 3 is 1.02 bits per heavy atom. The van der Waals surface area contributed by atoms with Crippen molar-refractivity contribution in [2.75, 3.05) is 0 Å². The summed E-state index contributed by atoms with van der Waals surface area (Å²) in [7, 11) is 0. The molecule has 1 aliphatic carbocycles. The summed E-state index contributed by atoms with van der Waals surface area (Å²) in [5.74, 6) is 1.73. The fourth-order valence-electron chi connectivity index (χ4n) is 12.6. The molecule has 0 saturated heterocycles. The fraction of sp³-hybridized carbons (Fsp3) is 0.0247. The largest absolute Gasteiger partial charge is 0.307 e. The minimum Gasteiger partial charge on any atom is -0.307 e. The molecule has 0 spiro atoms. The first-order valence-corrected chi connectivity index (χ1v) is 29.2. The summed E-state index contributed by atoms with van der Waals surface area (Å²) in [4.78, 5) is 16.1. The molecule has 400 valence electrons. The molecule has 0 saturated carbocycles. The Bertz CT molecular complexity index is 4570. The summed E-state index contributed by atoms with van der Waals surface area (Å²) < 4.78 is 2.68. The fourth-order valence-corrected chi connectivity index (χ4v) is 12.6. The number of hydrogen-bond donors (Lipinski definition) is 0. The average Bonchev–Trinajstić information content (AvgIpc) is 1.65. The minimum atomic E-state index is -0.0868. The Labute approximate surface area is 495 Å². The molecule has 4 heteroatoms. The van der Waals surface area contributed by atoms with Gasteiger partial charge in [0.05, 0.1) is 16.7 Å². The van der Waals surface area contributed by atoms with Crippen LogP contribution >= 0.6 is 0 Å². The van der Waals surface area contributed by atoms with Crippen LogP contribution in [0.15, 0.2) is 322 Å². The second-order valence-corrected chi connectivity index (χ2v) is 21.7. The first-order valence-electron chi connectivity index (χ1n) is 29.2. The van der Waals surface area contributed by atoms with Gasteiger partial charge in [-0.1, -0.05) is 309 Å². The molecule has 2 heterocycles. The van der Waals surface area contributed by atoms with Gasteiger partial charge in [-0.25, -0.2) is 15.0 Å². The van der Waals surface area contributed by atoms with Crippen LogP contribution in [0.2, 0.25) is 0 Å². The van der Waals surface area contributed by atoms with Crippen LogP contribution in [0.4, 0.5) is 0 Å². The summed E-state index contributed by atoms with van der Waals surface area (Å²) in [5, 5.41) is 2.37. The van der Waals surface area contributed by atoms with E-state index in [1.165, 1.54) is 21.9 Å². The van der Waals surface area contributed by atoms with Crippen molar-refractivity contribution in [1.82, 2.24) is 19.5 Å². The summed E-state index contributed by atoms with van der Waals surface area (Å²) in [6.07, 6.45) is 7.94. The van der Waals surface area contributed by atoms with Crippen molar-refractivity contribution in [2.24, 2.45) is 0 Å². The highest BCUT2D eigenvalue weighted by Gasteiger charge is 2.31. The van der Waals surface area contributed by atoms with E-state index < -0.39 is 0 Å². The normalized spacial score (nSPS) is 13.0. The van der Waals surface area contributed by atoms with E-state index in [1.54, 1.807) is 0 Å². The molecule has 12 aromatic carbocycles. The molecule has 1 aliphatic rings.